The van der Waals surface area contributed by atoms with E-state index in [9.17, 15) is 0 Å². The summed E-state index contributed by atoms with van der Waals surface area (Å²) in [6.07, 6.45) is 0. The lowest BCUT2D eigenvalue weighted by atomic mass is 10.1. The van der Waals surface area contributed by atoms with Crippen molar-refractivity contribution in [2.24, 2.45) is 16.2 Å². The van der Waals surface area contributed by atoms with Gasteiger partial charge in [-0.25, -0.2) is 4.98 Å². The topological polar surface area (TPSA) is 75.7 Å². The Morgan fingerprint density at radius 3 is 1.92 bits per heavy atom. The molecule has 0 radical (unpaired) electrons. The summed E-state index contributed by atoms with van der Waals surface area (Å²) in [4.78, 5) is 4.74. The molecule has 116 valence electrons. The first-order chi connectivity index (χ1) is 11.8. The fourth-order valence-corrected chi connectivity index (χ4v) is 2.80. The van der Waals surface area contributed by atoms with Gasteiger partial charge in [-0.2, -0.15) is 0 Å². The van der Waals surface area contributed by atoms with Gasteiger partial charge in [-0.3, -0.25) is 0 Å². The molecule has 5 nitrogen and oxygen atoms in total. The number of aromatic nitrogens is 1. The lowest BCUT2D eigenvalue weighted by Crippen LogP contribution is -1.95. The number of fused-ring (bicyclic) bond motifs is 2. The Morgan fingerprint density at radius 1 is 0.750 bits per heavy atom. The molecule has 0 saturated heterocycles. The molecule has 24 heavy (non-hydrogen) atoms. The fraction of sp³-hybridized carbons (Fsp3) is 0. The molecule has 0 aliphatic heterocycles. The van der Waals surface area contributed by atoms with Gasteiger partial charge in [0.05, 0.1) is 22.4 Å². The fourth-order valence-electron chi connectivity index (χ4n) is 2.80. The van der Waals surface area contributed by atoms with E-state index in [4.69, 9.17) is 10.8 Å². The highest BCUT2D eigenvalue weighted by Crippen LogP contribution is 2.33. The van der Waals surface area contributed by atoms with Crippen molar-refractivity contribution in [3.63, 3.8) is 0 Å². The monoisotopic (exact) mass is 313 g/mol. The number of rotatable bonds is 3. The number of hydrogen-bond donors (Lipinski definition) is 2. The molecule has 3 aromatic carbocycles. The predicted molar refractivity (Wildman–Crippen MR) is 97.7 cm³/mol. The smallest absolute Gasteiger partial charge is 0.0875 e. The maximum atomic E-state index is 5.08. The molecule has 0 bridgehead atoms. The normalized spacial score (nSPS) is 11.3. The van der Waals surface area contributed by atoms with Crippen LogP contribution in [0, 0.1) is 0 Å². The summed E-state index contributed by atoms with van der Waals surface area (Å²) < 4.78 is 0. The van der Waals surface area contributed by atoms with E-state index in [1.54, 1.807) is 0 Å². The molecule has 0 aliphatic carbocycles. The highest BCUT2D eigenvalue weighted by Gasteiger charge is 2.08. The van der Waals surface area contributed by atoms with Crippen LogP contribution >= 0.6 is 0 Å². The standard InChI is InChI=1S/C19H15N5/c20-24-23-14-11-9-13(10-12-14)21-19-15-5-1-3-7-17(15)22-18-8-4-2-6-16(18)19/h1-12H,(H2,20,23)(H,21,22). The second kappa shape index (κ2) is 5.96. The van der Waals surface area contributed by atoms with Crippen molar-refractivity contribution in [1.82, 2.24) is 4.98 Å². The second-order valence-electron chi connectivity index (χ2n) is 5.41. The third kappa shape index (κ3) is 2.52. The minimum Gasteiger partial charge on any atom is -0.354 e. The first-order valence-corrected chi connectivity index (χ1v) is 7.61. The lowest BCUT2D eigenvalue weighted by molar-refractivity contribution is 1.06. The van der Waals surface area contributed by atoms with E-state index in [0.717, 1.165) is 33.2 Å². The van der Waals surface area contributed by atoms with Crippen molar-refractivity contribution in [2.45, 2.75) is 0 Å². The van der Waals surface area contributed by atoms with E-state index in [0.29, 0.717) is 5.69 Å². The Labute approximate surface area is 138 Å². The molecule has 0 unspecified atom stereocenters. The van der Waals surface area contributed by atoms with Crippen LogP contribution in [-0.2, 0) is 0 Å². The van der Waals surface area contributed by atoms with Gasteiger partial charge in [-0.05, 0) is 36.4 Å². The van der Waals surface area contributed by atoms with Crippen LogP contribution in [0.1, 0.15) is 0 Å². The summed E-state index contributed by atoms with van der Waals surface area (Å²) in [5.41, 5.74) is 4.66. The molecule has 0 fully saturated rings. The summed E-state index contributed by atoms with van der Waals surface area (Å²) in [7, 11) is 0. The van der Waals surface area contributed by atoms with Crippen LogP contribution in [0.5, 0.6) is 0 Å². The number of anilines is 2. The molecule has 5 heteroatoms. The van der Waals surface area contributed by atoms with Gasteiger partial charge in [0.2, 0.25) is 0 Å². The molecule has 0 spiro atoms. The van der Waals surface area contributed by atoms with Crippen molar-refractivity contribution in [2.75, 3.05) is 5.32 Å². The van der Waals surface area contributed by atoms with Gasteiger partial charge in [-0.15, -0.1) is 5.11 Å². The number of pyridine rings is 1. The summed E-state index contributed by atoms with van der Waals surface area (Å²) in [6.45, 7) is 0. The largest absolute Gasteiger partial charge is 0.354 e. The number of para-hydroxylation sites is 2. The van der Waals surface area contributed by atoms with Crippen molar-refractivity contribution in [3.05, 3.63) is 72.8 Å². The highest BCUT2D eigenvalue weighted by molar-refractivity contribution is 6.08. The number of hydrogen-bond acceptors (Lipinski definition) is 4. The predicted octanol–water partition coefficient (Wildman–Crippen LogP) is 5.09. The summed E-state index contributed by atoms with van der Waals surface area (Å²) in [5.74, 6) is 5.08. The molecular weight excluding hydrogens is 298 g/mol. The van der Waals surface area contributed by atoms with Gasteiger partial charge in [0.1, 0.15) is 0 Å². The van der Waals surface area contributed by atoms with Crippen LogP contribution in [0.25, 0.3) is 21.8 Å². The van der Waals surface area contributed by atoms with Crippen LogP contribution in [-0.4, -0.2) is 4.98 Å². The number of benzene rings is 3. The molecule has 4 aromatic rings. The zero-order valence-electron chi connectivity index (χ0n) is 12.8. The molecule has 3 N–H and O–H groups in total. The van der Waals surface area contributed by atoms with Gasteiger partial charge in [0.15, 0.2) is 0 Å². The SMILES string of the molecule is NN=Nc1ccc(Nc2c3ccccc3nc3ccccc23)cc1. The van der Waals surface area contributed by atoms with Gasteiger partial charge < -0.3 is 11.2 Å². The van der Waals surface area contributed by atoms with Crippen LogP contribution in [0.15, 0.2) is 83.1 Å². The molecule has 0 aliphatic rings. The number of nitrogens with two attached hydrogens (primary N) is 1. The highest BCUT2D eigenvalue weighted by atomic mass is 15.3. The maximum Gasteiger partial charge on any atom is 0.0875 e. The third-order valence-electron chi connectivity index (χ3n) is 3.90. The van der Waals surface area contributed by atoms with E-state index in [-0.39, 0.29) is 0 Å². The van der Waals surface area contributed by atoms with E-state index in [1.807, 2.05) is 60.7 Å². The molecule has 0 atom stereocenters. The van der Waals surface area contributed by atoms with Crippen LogP contribution < -0.4 is 11.2 Å². The van der Waals surface area contributed by atoms with Crippen molar-refractivity contribution in [1.29, 1.82) is 0 Å². The van der Waals surface area contributed by atoms with Gasteiger partial charge in [0.25, 0.3) is 0 Å². The second-order valence-corrected chi connectivity index (χ2v) is 5.41. The molecular formula is C19H15N5. The minimum absolute atomic E-state index is 0.715. The van der Waals surface area contributed by atoms with E-state index in [1.165, 1.54) is 0 Å². The minimum atomic E-state index is 0.715. The first-order valence-electron chi connectivity index (χ1n) is 7.61. The van der Waals surface area contributed by atoms with Crippen molar-refractivity contribution in [3.8, 4) is 0 Å². The average molecular weight is 313 g/mol. The Kier molecular flexibility index (Phi) is 3.51. The van der Waals surface area contributed by atoms with Crippen molar-refractivity contribution < 1.29 is 0 Å². The Morgan fingerprint density at radius 2 is 1.33 bits per heavy atom. The van der Waals surface area contributed by atoms with Crippen LogP contribution in [0.2, 0.25) is 0 Å². The van der Waals surface area contributed by atoms with Crippen LogP contribution in [0.3, 0.4) is 0 Å². The summed E-state index contributed by atoms with van der Waals surface area (Å²) in [5, 5.41) is 12.8. The van der Waals surface area contributed by atoms with E-state index < -0.39 is 0 Å². The van der Waals surface area contributed by atoms with Crippen molar-refractivity contribution >= 4 is 38.9 Å². The zero-order chi connectivity index (χ0) is 16.4. The van der Waals surface area contributed by atoms with Gasteiger partial charge in [0, 0.05) is 16.5 Å². The Hall–Kier alpha value is -3.47. The molecule has 0 saturated carbocycles. The first kappa shape index (κ1) is 14.1. The Bertz CT molecular complexity index is 984. The number of nitrogens with zero attached hydrogens (tertiary/aromatic N) is 3. The Balaban J connectivity index is 1.87. The van der Waals surface area contributed by atoms with E-state index in [2.05, 4.69) is 27.8 Å². The quantitative estimate of drug-likeness (QED) is 0.239. The third-order valence-corrected chi connectivity index (χ3v) is 3.90. The van der Waals surface area contributed by atoms with Gasteiger partial charge in [-0.1, -0.05) is 41.6 Å². The van der Waals surface area contributed by atoms with Gasteiger partial charge >= 0.3 is 0 Å². The van der Waals surface area contributed by atoms with Crippen LogP contribution in [0.4, 0.5) is 17.1 Å². The molecule has 0 amide bonds. The maximum absolute atomic E-state index is 5.08. The number of nitrogens with one attached hydrogen (secondary N) is 1. The van der Waals surface area contributed by atoms with E-state index >= 15 is 0 Å². The molecule has 1 aromatic heterocycles. The average Bonchev–Trinajstić information content (AvgIpc) is 2.63. The zero-order valence-corrected chi connectivity index (χ0v) is 12.8. The molecule has 1 heterocycles. The summed E-state index contributed by atoms with van der Waals surface area (Å²) in [6, 6.07) is 23.9. The lowest BCUT2D eigenvalue weighted by Gasteiger charge is -2.13. The molecule has 4 rings (SSSR count). The summed E-state index contributed by atoms with van der Waals surface area (Å²) >= 11 is 0.